The van der Waals surface area contributed by atoms with Gasteiger partial charge in [0, 0.05) is 4.88 Å². The minimum atomic E-state index is 0.425. The van der Waals surface area contributed by atoms with E-state index >= 15 is 0 Å². The summed E-state index contributed by atoms with van der Waals surface area (Å²) in [6, 6.07) is 2.21. The number of epoxide rings is 1. The number of thiophene rings is 1. The number of hydrogen-bond donors (Lipinski definition) is 0. The maximum absolute atomic E-state index is 5.21. The lowest BCUT2D eigenvalue weighted by Crippen LogP contribution is -1.99. The molecule has 1 nitrogen and oxygen atoms in total. The highest BCUT2D eigenvalue weighted by molar-refractivity contribution is 7.10. The average molecular weight is 195 g/mol. The fourth-order valence-electron chi connectivity index (χ4n) is 1.65. The molecule has 1 fully saturated rings. The van der Waals surface area contributed by atoms with E-state index in [0.717, 1.165) is 19.4 Å². The molecule has 1 aromatic rings. The van der Waals surface area contributed by atoms with Crippen LogP contribution in [0.15, 0.2) is 11.4 Å². The van der Waals surface area contributed by atoms with Gasteiger partial charge in [-0.2, -0.15) is 0 Å². The standard InChI is InChI=1S/C11H15OS/c1-3-11-10(4-5-13-11)8(2)6-9-7-12-9/h4-5,8-9H,2-3,6-7H2,1H3/t8-,9-/m0/s1. The maximum Gasteiger partial charge on any atom is 0.0815 e. The molecule has 0 N–H and O–H groups in total. The van der Waals surface area contributed by atoms with Crippen LogP contribution in [0.4, 0.5) is 0 Å². The molecule has 0 unspecified atom stereocenters. The summed E-state index contributed by atoms with van der Waals surface area (Å²) in [6.07, 6.45) is 2.71. The van der Waals surface area contributed by atoms with Crippen molar-refractivity contribution in [2.45, 2.75) is 31.8 Å². The normalized spacial score (nSPS) is 23.1. The molecule has 2 heterocycles. The average Bonchev–Trinajstić information content (AvgIpc) is 2.82. The second-order valence-corrected chi connectivity index (χ2v) is 4.54. The van der Waals surface area contributed by atoms with Crippen molar-refractivity contribution in [3.8, 4) is 0 Å². The van der Waals surface area contributed by atoms with Crippen molar-refractivity contribution in [1.82, 2.24) is 0 Å². The first kappa shape index (κ1) is 9.22. The molecule has 2 rings (SSSR count). The fourth-order valence-corrected chi connectivity index (χ4v) is 2.57. The molecule has 0 aliphatic carbocycles. The monoisotopic (exact) mass is 195 g/mol. The van der Waals surface area contributed by atoms with Crippen LogP contribution in [-0.2, 0) is 11.2 Å². The zero-order valence-electron chi connectivity index (χ0n) is 7.95. The van der Waals surface area contributed by atoms with Gasteiger partial charge in [-0.15, -0.1) is 11.3 Å². The Morgan fingerprint density at radius 2 is 2.54 bits per heavy atom. The molecule has 2 atom stereocenters. The summed E-state index contributed by atoms with van der Waals surface area (Å²) in [4.78, 5) is 1.49. The van der Waals surface area contributed by atoms with Crippen molar-refractivity contribution in [3.05, 3.63) is 28.8 Å². The molecule has 0 spiro atoms. The van der Waals surface area contributed by atoms with E-state index in [1.54, 1.807) is 0 Å². The molecule has 1 aromatic heterocycles. The molecule has 13 heavy (non-hydrogen) atoms. The lowest BCUT2D eigenvalue weighted by Gasteiger charge is -2.09. The third-order valence-electron chi connectivity index (χ3n) is 2.49. The molecule has 2 heteroatoms. The Labute approximate surface area is 83.7 Å². The van der Waals surface area contributed by atoms with Crippen LogP contribution in [-0.4, -0.2) is 12.7 Å². The molecule has 1 saturated heterocycles. The molecule has 1 radical (unpaired) electrons. The summed E-state index contributed by atoms with van der Waals surface area (Å²) in [5, 5.41) is 2.17. The molecular formula is C11H15OS. The van der Waals surface area contributed by atoms with E-state index in [1.807, 2.05) is 11.3 Å². The van der Waals surface area contributed by atoms with Gasteiger partial charge < -0.3 is 4.74 Å². The summed E-state index contributed by atoms with van der Waals surface area (Å²) in [6.45, 7) is 7.34. The highest BCUT2D eigenvalue weighted by Gasteiger charge is 2.26. The first-order chi connectivity index (χ1) is 6.31. The van der Waals surface area contributed by atoms with Crippen molar-refractivity contribution in [2.75, 3.05) is 6.61 Å². The Hall–Kier alpha value is -0.340. The highest BCUT2D eigenvalue weighted by atomic mass is 32.1. The molecule has 0 aromatic carbocycles. The number of ether oxygens (including phenoxy) is 1. The van der Waals surface area contributed by atoms with E-state index in [9.17, 15) is 0 Å². The largest absolute Gasteiger partial charge is 0.373 e. The van der Waals surface area contributed by atoms with Crippen LogP contribution >= 0.6 is 11.3 Å². The first-order valence-electron chi connectivity index (χ1n) is 4.82. The van der Waals surface area contributed by atoms with Crippen LogP contribution in [0.1, 0.15) is 29.7 Å². The Bertz CT molecular complexity index is 275. The number of aryl methyl sites for hydroxylation is 1. The van der Waals surface area contributed by atoms with Crippen LogP contribution < -0.4 is 0 Å². The summed E-state index contributed by atoms with van der Waals surface area (Å²) < 4.78 is 5.21. The van der Waals surface area contributed by atoms with Crippen molar-refractivity contribution >= 4 is 11.3 Å². The van der Waals surface area contributed by atoms with E-state index in [1.165, 1.54) is 10.4 Å². The second kappa shape index (κ2) is 3.81. The van der Waals surface area contributed by atoms with Gasteiger partial charge in [0.15, 0.2) is 0 Å². The predicted octanol–water partition coefficient (Wildman–Crippen LogP) is 3.02. The molecule has 1 aliphatic heterocycles. The van der Waals surface area contributed by atoms with Crippen LogP contribution in [0.3, 0.4) is 0 Å². The van der Waals surface area contributed by atoms with E-state index < -0.39 is 0 Å². The SMILES string of the molecule is [CH2][C@@H](C[C@H]1CO1)c1ccsc1CC. The second-order valence-electron chi connectivity index (χ2n) is 3.54. The smallest absolute Gasteiger partial charge is 0.0815 e. The van der Waals surface area contributed by atoms with Crippen LogP contribution in [0.5, 0.6) is 0 Å². The van der Waals surface area contributed by atoms with Crippen molar-refractivity contribution < 1.29 is 4.74 Å². The third kappa shape index (κ3) is 2.12. The van der Waals surface area contributed by atoms with E-state index in [2.05, 4.69) is 25.3 Å². The van der Waals surface area contributed by atoms with Crippen LogP contribution in [0.25, 0.3) is 0 Å². The summed E-state index contributed by atoms with van der Waals surface area (Å²) in [7, 11) is 0. The summed E-state index contributed by atoms with van der Waals surface area (Å²) >= 11 is 1.84. The highest BCUT2D eigenvalue weighted by Crippen LogP contribution is 2.31. The Morgan fingerprint density at radius 1 is 1.77 bits per heavy atom. The van der Waals surface area contributed by atoms with Gasteiger partial charge >= 0.3 is 0 Å². The lowest BCUT2D eigenvalue weighted by molar-refractivity contribution is 0.389. The van der Waals surface area contributed by atoms with Gasteiger partial charge in [0.25, 0.3) is 0 Å². The Kier molecular flexibility index (Phi) is 2.70. The molecule has 0 amide bonds. The maximum atomic E-state index is 5.21. The summed E-state index contributed by atoms with van der Waals surface area (Å²) in [5.74, 6) is 0.425. The lowest BCUT2D eigenvalue weighted by atomic mass is 9.96. The Balaban J connectivity index is 2.04. The topological polar surface area (TPSA) is 12.5 Å². The van der Waals surface area contributed by atoms with Crippen molar-refractivity contribution in [2.24, 2.45) is 0 Å². The first-order valence-corrected chi connectivity index (χ1v) is 5.70. The van der Waals surface area contributed by atoms with Crippen molar-refractivity contribution in [1.29, 1.82) is 0 Å². The molecule has 1 aliphatic rings. The van der Waals surface area contributed by atoms with E-state index in [0.29, 0.717) is 12.0 Å². The van der Waals surface area contributed by atoms with E-state index in [-0.39, 0.29) is 0 Å². The molecular weight excluding hydrogens is 180 g/mol. The zero-order chi connectivity index (χ0) is 9.26. The van der Waals surface area contributed by atoms with Crippen molar-refractivity contribution in [3.63, 3.8) is 0 Å². The van der Waals surface area contributed by atoms with E-state index in [4.69, 9.17) is 4.74 Å². The predicted molar refractivity (Wildman–Crippen MR) is 56.2 cm³/mol. The van der Waals surface area contributed by atoms with Gasteiger partial charge in [0.05, 0.1) is 12.7 Å². The fraction of sp³-hybridized carbons (Fsp3) is 0.545. The van der Waals surface area contributed by atoms with Gasteiger partial charge in [0.2, 0.25) is 0 Å². The summed E-state index contributed by atoms with van der Waals surface area (Å²) in [5.41, 5.74) is 1.43. The molecule has 71 valence electrons. The van der Waals surface area contributed by atoms with Crippen LogP contribution in [0.2, 0.25) is 0 Å². The molecule has 0 bridgehead atoms. The van der Waals surface area contributed by atoms with Crippen LogP contribution in [0, 0.1) is 6.92 Å². The van der Waals surface area contributed by atoms with Gasteiger partial charge in [-0.05, 0) is 42.7 Å². The third-order valence-corrected chi connectivity index (χ3v) is 3.57. The van der Waals surface area contributed by atoms with Gasteiger partial charge in [-0.1, -0.05) is 6.92 Å². The minimum Gasteiger partial charge on any atom is -0.373 e. The quantitative estimate of drug-likeness (QED) is 0.673. The van der Waals surface area contributed by atoms with Gasteiger partial charge in [-0.3, -0.25) is 0 Å². The zero-order valence-corrected chi connectivity index (χ0v) is 8.77. The Morgan fingerprint density at radius 3 is 3.15 bits per heavy atom. The molecule has 0 saturated carbocycles. The van der Waals surface area contributed by atoms with Gasteiger partial charge in [0.1, 0.15) is 0 Å². The van der Waals surface area contributed by atoms with Gasteiger partial charge in [-0.25, -0.2) is 0 Å². The number of rotatable bonds is 4. The minimum absolute atomic E-state index is 0.425. The number of hydrogen-bond acceptors (Lipinski definition) is 2.